The molecule has 1 saturated carbocycles. The standard InChI is InChI=1S/C15H28N2O2.ClH/c1-10(2)6-7-19-11(3)15(18)17-8-12-4-5-14(16)13(12)9-17;/h10-14H,4-9,16H2,1-3H3;1H. The number of hydrogen-bond donors (Lipinski definition) is 1. The van der Waals surface area contributed by atoms with E-state index in [2.05, 4.69) is 13.8 Å². The van der Waals surface area contributed by atoms with Crippen molar-refractivity contribution in [3.8, 4) is 0 Å². The van der Waals surface area contributed by atoms with Gasteiger partial charge in [0, 0.05) is 25.7 Å². The molecule has 118 valence electrons. The van der Waals surface area contributed by atoms with Gasteiger partial charge in [-0.2, -0.15) is 0 Å². The summed E-state index contributed by atoms with van der Waals surface area (Å²) in [6.07, 6.45) is 3.00. The summed E-state index contributed by atoms with van der Waals surface area (Å²) < 4.78 is 5.65. The second kappa shape index (κ2) is 7.62. The van der Waals surface area contributed by atoms with Crippen molar-refractivity contribution >= 4 is 18.3 Å². The topological polar surface area (TPSA) is 55.6 Å². The fourth-order valence-electron chi connectivity index (χ4n) is 3.30. The van der Waals surface area contributed by atoms with Gasteiger partial charge in [0.25, 0.3) is 5.91 Å². The molecule has 4 nitrogen and oxygen atoms in total. The zero-order valence-electron chi connectivity index (χ0n) is 12.9. The average molecular weight is 305 g/mol. The Morgan fingerprint density at radius 1 is 1.30 bits per heavy atom. The van der Waals surface area contributed by atoms with Crippen LogP contribution in [-0.4, -0.2) is 42.6 Å². The summed E-state index contributed by atoms with van der Waals surface area (Å²) in [7, 11) is 0. The molecule has 0 radical (unpaired) electrons. The monoisotopic (exact) mass is 304 g/mol. The zero-order valence-corrected chi connectivity index (χ0v) is 13.7. The molecule has 1 heterocycles. The van der Waals surface area contributed by atoms with Crippen molar-refractivity contribution in [2.75, 3.05) is 19.7 Å². The highest BCUT2D eigenvalue weighted by atomic mass is 35.5. The molecule has 0 aromatic heterocycles. The number of halogens is 1. The number of carbonyl (C=O) groups excluding carboxylic acids is 1. The zero-order chi connectivity index (χ0) is 14.0. The van der Waals surface area contributed by atoms with Crippen LogP contribution >= 0.6 is 12.4 Å². The Morgan fingerprint density at radius 3 is 2.60 bits per heavy atom. The Balaban J connectivity index is 0.00000200. The van der Waals surface area contributed by atoms with Crippen LogP contribution in [0.1, 0.15) is 40.0 Å². The molecule has 1 aliphatic carbocycles. The van der Waals surface area contributed by atoms with Crippen molar-refractivity contribution in [2.45, 2.75) is 52.2 Å². The van der Waals surface area contributed by atoms with E-state index in [0.717, 1.165) is 25.9 Å². The van der Waals surface area contributed by atoms with Gasteiger partial charge in [-0.3, -0.25) is 4.79 Å². The van der Waals surface area contributed by atoms with Crippen LogP contribution in [0.25, 0.3) is 0 Å². The summed E-state index contributed by atoms with van der Waals surface area (Å²) in [6, 6.07) is 0.292. The summed E-state index contributed by atoms with van der Waals surface area (Å²) in [6.45, 7) is 8.59. The predicted molar refractivity (Wildman–Crippen MR) is 82.9 cm³/mol. The first-order valence-electron chi connectivity index (χ1n) is 7.65. The number of ether oxygens (including phenoxy) is 1. The third-order valence-corrected chi connectivity index (χ3v) is 4.63. The van der Waals surface area contributed by atoms with Crippen LogP contribution in [-0.2, 0) is 9.53 Å². The molecular weight excluding hydrogens is 276 g/mol. The number of hydrogen-bond acceptors (Lipinski definition) is 3. The maximum absolute atomic E-state index is 12.3. The molecule has 4 atom stereocenters. The van der Waals surface area contributed by atoms with E-state index in [-0.39, 0.29) is 24.4 Å². The molecule has 0 spiro atoms. The van der Waals surface area contributed by atoms with Gasteiger partial charge in [-0.15, -0.1) is 12.4 Å². The maximum atomic E-state index is 12.3. The fourth-order valence-corrected chi connectivity index (χ4v) is 3.30. The lowest BCUT2D eigenvalue weighted by Gasteiger charge is -2.23. The van der Waals surface area contributed by atoms with Crippen molar-refractivity contribution < 1.29 is 9.53 Å². The number of nitrogens with two attached hydrogens (primary N) is 1. The molecular formula is C15H29ClN2O2. The van der Waals surface area contributed by atoms with Gasteiger partial charge in [0.1, 0.15) is 6.10 Å². The normalized spacial score (nSPS) is 30.2. The molecule has 1 aliphatic heterocycles. The first-order valence-corrected chi connectivity index (χ1v) is 7.65. The van der Waals surface area contributed by atoms with Gasteiger partial charge in [0.2, 0.25) is 0 Å². The van der Waals surface area contributed by atoms with Crippen LogP contribution in [0.5, 0.6) is 0 Å². The van der Waals surface area contributed by atoms with Gasteiger partial charge < -0.3 is 15.4 Å². The minimum Gasteiger partial charge on any atom is -0.369 e. The number of nitrogens with zero attached hydrogens (tertiary/aromatic N) is 1. The van der Waals surface area contributed by atoms with E-state index >= 15 is 0 Å². The molecule has 0 bridgehead atoms. The van der Waals surface area contributed by atoms with Crippen LogP contribution in [0, 0.1) is 17.8 Å². The highest BCUT2D eigenvalue weighted by Gasteiger charge is 2.43. The van der Waals surface area contributed by atoms with E-state index in [0.29, 0.717) is 30.4 Å². The molecule has 2 aliphatic rings. The Bertz CT molecular complexity index is 325. The van der Waals surface area contributed by atoms with E-state index in [9.17, 15) is 4.79 Å². The molecule has 5 heteroatoms. The summed E-state index contributed by atoms with van der Waals surface area (Å²) in [4.78, 5) is 14.3. The van der Waals surface area contributed by atoms with Gasteiger partial charge in [-0.25, -0.2) is 0 Å². The molecule has 1 amide bonds. The van der Waals surface area contributed by atoms with Crippen LogP contribution in [0.15, 0.2) is 0 Å². The smallest absolute Gasteiger partial charge is 0.251 e. The second-order valence-corrected chi connectivity index (χ2v) is 6.60. The molecule has 4 unspecified atom stereocenters. The van der Waals surface area contributed by atoms with Gasteiger partial charge in [-0.05, 0) is 43.9 Å². The van der Waals surface area contributed by atoms with Gasteiger partial charge in [-0.1, -0.05) is 13.8 Å². The molecule has 2 fully saturated rings. The van der Waals surface area contributed by atoms with Gasteiger partial charge in [0.15, 0.2) is 0 Å². The Labute approximate surface area is 128 Å². The highest BCUT2D eigenvalue weighted by Crippen LogP contribution is 2.37. The number of amides is 1. The molecule has 0 aromatic rings. The largest absolute Gasteiger partial charge is 0.369 e. The van der Waals surface area contributed by atoms with E-state index in [1.54, 1.807) is 0 Å². The number of likely N-dealkylation sites (tertiary alicyclic amines) is 1. The maximum Gasteiger partial charge on any atom is 0.251 e. The Kier molecular flexibility index (Phi) is 6.76. The molecule has 2 rings (SSSR count). The van der Waals surface area contributed by atoms with Crippen molar-refractivity contribution in [3.63, 3.8) is 0 Å². The summed E-state index contributed by atoms with van der Waals surface area (Å²) in [5.74, 6) is 1.91. The third-order valence-electron chi connectivity index (χ3n) is 4.63. The lowest BCUT2D eigenvalue weighted by atomic mass is 9.98. The number of carbonyl (C=O) groups is 1. The summed E-state index contributed by atoms with van der Waals surface area (Å²) >= 11 is 0. The quantitative estimate of drug-likeness (QED) is 0.846. The van der Waals surface area contributed by atoms with E-state index in [1.807, 2.05) is 11.8 Å². The van der Waals surface area contributed by atoms with Gasteiger partial charge in [0.05, 0.1) is 0 Å². The lowest BCUT2D eigenvalue weighted by molar-refractivity contribution is -0.142. The van der Waals surface area contributed by atoms with Crippen molar-refractivity contribution in [1.82, 2.24) is 4.90 Å². The molecule has 2 N–H and O–H groups in total. The van der Waals surface area contributed by atoms with E-state index < -0.39 is 0 Å². The van der Waals surface area contributed by atoms with Crippen molar-refractivity contribution in [2.24, 2.45) is 23.5 Å². The van der Waals surface area contributed by atoms with Crippen LogP contribution in [0.2, 0.25) is 0 Å². The number of fused-ring (bicyclic) bond motifs is 1. The predicted octanol–water partition coefficient (Wildman–Crippen LogP) is 2.06. The van der Waals surface area contributed by atoms with Crippen molar-refractivity contribution in [1.29, 1.82) is 0 Å². The first kappa shape index (κ1) is 17.7. The molecule has 1 saturated heterocycles. The van der Waals surface area contributed by atoms with Gasteiger partial charge >= 0.3 is 0 Å². The Morgan fingerprint density at radius 2 is 2.00 bits per heavy atom. The second-order valence-electron chi connectivity index (χ2n) is 6.60. The fraction of sp³-hybridized carbons (Fsp3) is 0.933. The van der Waals surface area contributed by atoms with Crippen LogP contribution in [0.3, 0.4) is 0 Å². The Hall–Kier alpha value is -0.320. The average Bonchev–Trinajstić information content (AvgIpc) is 2.90. The van der Waals surface area contributed by atoms with E-state index in [1.165, 1.54) is 6.42 Å². The lowest BCUT2D eigenvalue weighted by Crippen LogP contribution is -2.39. The number of rotatable bonds is 5. The minimum absolute atomic E-state index is 0. The van der Waals surface area contributed by atoms with Crippen molar-refractivity contribution in [3.05, 3.63) is 0 Å². The summed E-state index contributed by atoms with van der Waals surface area (Å²) in [5.41, 5.74) is 6.10. The van der Waals surface area contributed by atoms with Crippen LogP contribution < -0.4 is 5.73 Å². The third kappa shape index (κ3) is 4.09. The SMILES string of the molecule is CC(C)CCOC(C)C(=O)N1CC2CCC(N)C2C1.Cl. The molecule has 20 heavy (non-hydrogen) atoms. The highest BCUT2D eigenvalue weighted by molar-refractivity contribution is 5.85. The summed E-state index contributed by atoms with van der Waals surface area (Å²) in [5, 5.41) is 0. The first-order chi connectivity index (χ1) is 8.99. The van der Waals surface area contributed by atoms with Crippen LogP contribution in [0.4, 0.5) is 0 Å². The van der Waals surface area contributed by atoms with E-state index in [4.69, 9.17) is 10.5 Å². The molecule has 0 aromatic carbocycles. The minimum atomic E-state index is -0.311.